The number of hydrogen-bond donors (Lipinski definition) is 0. The predicted octanol–water partition coefficient (Wildman–Crippen LogP) is 3.97. The van der Waals surface area contributed by atoms with Crippen LogP contribution in [0.15, 0.2) is 53.7 Å². The zero-order valence-electron chi connectivity index (χ0n) is 20.5. The molecule has 182 valence electrons. The van der Waals surface area contributed by atoms with E-state index >= 15 is 0 Å². The van der Waals surface area contributed by atoms with Gasteiger partial charge in [0.15, 0.2) is 0 Å². The highest BCUT2D eigenvalue weighted by Crippen LogP contribution is 2.34. The van der Waals surface area contributed by atoms with Gasteiger partial charge in [-0.2, -0.15) is 0 Å². The molecule has 5 rings (SSSR count). The van der Waals surface area contributed by atoms with Gasteiger partial charge in [-0.3, -0.25) is 14.9 Å². The lowest BCUT2D eigenvalue weighted by Gasteiger charge is -2.31. The van der Waals surface area contributed by atoms with E-state index in [9.17, 15) is 0 Å². The number of benzene rings is 2. The van der Waals surface area contributed by atoms with Crippen molar-refractivity contribution in [1.82, 2.24) is 14.9 Å². The Hall–Kier alpha value is -3.49. The average Bonchev–Trinajstić information content (AvgIpc) is 3.35. The Morgan fingerprint density at radius 3 is 2.46 bits per heavy atom. The second-order valence-corrected chi connectivity index (χ2v) is 8.75. The number of methoxy groups -OCH3 is 2. The van der Waals surface area contributed by atoms with Crippen LogP contribution >= 0.6 is 0 Å². The topological polar surface area (TPSA) is 72.3 Å². The Labute approximate surface area is 205 Å². The molecule has 3 heterocycles. The lowest BCUT2D eigenvalue weighted by molar-refractivity contribution is 0.0394. The molecule has 35 heavy (non-hydrogen) atoms. The number of hydrogen-bond acceptors (Lipinski definition) is 8. The summed E-state index contributed by atoms with van der Waals surface area (Å²) in [6.45, 7) is 7.20. The van der Waals surface area contributed by atoms with Crippen LogP contribution in [0, 0.1) is 0 Å². The van der Waals surface area contributed by atoms with E-state index in [0.29, 0.717) is 0 Å². The Balaban J connectivity index is 1.52. The second-order valence-electron chi connectivity index (χ2n) is 8.75. The number of allylic oxidation sites excluding steroid dienone is 1. The van der Waals surface area contributed by atoms with Crippen LogP contribution < -0.4 is 14.4 Å². The van der Waals surface area contributed by atoms with Crippen molar-refractivity contribution < 1.29 is 14.2 Å². The second kappa shape index (κ2) is 10.4. The minimum absolute atomic E-state index is 0.174. The smallest absolute Gasteiger partial charge is 0.124 e. The Morgan fingerprint density at radius 2 is 1.77 bits per heavy atom. The van der Waals surface area contributed by atoms with Gasteiger partial charge in [-0.25, -0.2) is 4.98 Å². The van der Waals surface area contributed by atoms with Gasteiger partial charge >= 0.3 is 0 Å². The molecule has 1 saturated heterocycles. The molecule has 1 atom stereocenters. The van der Waals surface area contributed by atoms with Crippen LogP contribution in [0.2, 0.25) is 0 Å². The first-order chi connectivity index (χ1) is 17.1. The molecule has 2 aromatic carbocycles. The highest BCUT2D eigenvalue weighted by Gasteiger charge is 2.18. The monoisotopic (exact) mass is 473 g/mol. The van der Waals surface area contributed by atoms with Crippen molar-refractivity contribution >= 4 is 34.2 Å². The fourth-order valence-corrected chi connectivity index (χ4v) is 4.42. The predicted molar refractivity (Wildman–Crippen MR) is 139 cm³/mol. The van der Waals surface area contributed by atoms with E-state index in [1.54, 1.807) is 14.2 Å². The summed E-state index contributed by atoms with van der Waals surface area (Å²) in [5.41, 5.74) is 5.59. The summed E-state index contributed by atoms with van der Waals surface area (Å²) in [6, 6.07) is 12.4. The van der Waals surface area contributed by atoms with Gasteiger partial charge in [0.2, 0.25) is 0 Å². The van der Waals surface area contributed by atoms with Crippen LogP contribution in [0.25, 0.3) is 16.6 Å². The fourth-order valence-electron chi connectivity index (χ4n) is 4.42. The number of aliphatic imine (C=N–C) groups is 1. The molecule has 1 unspecified atom stereocenters. The van der Waals surface area contributed by atoms with E-state index < -0.39 is 0 Å². The molecule has 8 nitrogen and oxygen atoms in total. The van der Waals surface area contributed by atoms with Crippen molar-refractivity contribution in [3.8, 4) is 11.5 Å². The van der Waals surface area contributed by atoms with Gasteiger partial charge in [0.1, 0.15) is 11.5 Å². The zero-order chi connectivity index (χ0) is 24.2. The first kappa shape index (κ1) is 23.3. The van der Waals surface area contributed by atoms with Crippen molar-refractivity contribution in [2.24, 2.45) is 4.99 Å². The van der Waals surface area contributed by atoms with Crippen molar-refractivity contribution in [3.63, 3.8) is 0 Å². The molecule has 0 N–H and O–H groups in total. The third-order valence-corrected chi connectivity index (χ3v) is 6.39. The fraction of sp³-hybridized carbons (Fsp3) is 0.370. The van der Waals surface area contributed by atoms with Crippen LogP contribution in [0.5, 0.6) is 11.5 Å². The van der Waals surface area contributed by atoms with Gasteiger partial charge in [0.25, 0.3) is 0 Å². The summed E-state index contributed by atoms with van der Waals surface area (Å²) < 4.78 is 16.6. The van der Waals surface area contributed by atoms with E-state index in [1.165, 1.54) is 0 Å². The molecule has 1 aromatic heterocycles. The third-order valence-electron chi connectivity index (χ3n) is 6.39. The average molecular weight is 474 g/mol. The lowest BCUT2D eigenvalue weighted by Crippen LogP contribution is -2.40. The number of nitrogens with zero attached hydrogens (tertiary/aromatic N) is 5. The van der Waals surface area contributed by atoms with Gasteiger partial charge in [-0.15, -0.1) is 0 Å². The maximum absolute atomic E-state index is 5.55. The number of morpholine rings is 1. The molecule has 3 aromatic rings. The summed E-state index contributed by atoms with van der Waals surface area (Å²) >= 11 is 0. The summed E-state index contributed by atoms with van der Waals surface area (Å²) in [4.78, 5) is 18.7. The minimum Gasteiger partial charge on any atom is -0.497 e. The first-order valence-electron chi connectivity index (χ1n) is 12.0. The van der Waals surface area contributed by atoms with Gasteiger partial charge in [0, 0.05) is 67.5 Å². The largest absolute Gasteiger partial charge is 0.497 e. The quantitative estimate of drug-likeness (QED) is 0.490. The SMILES string of the molecule is COc1cc(OC)cc(N(CCN2CCOCC2)c2ccc3ncc(C4=CC(C)N=C4)nc3c2)c1. The molecule has 0 spiro atoms. The molecule has 2 aliphatic heterocycles. The summed E-state index contributed by atoms with van der Waals surface area (Å²) in [7, 11) is 3.34. The standard InChI is InChI=1S/C27H31N5O3/c1-19-12-20(17-28-19)27-18-29-25-5-4-21(15-26(25)30-27)32(7-6-31-8-10-35-11-9-31)22-13-23(33-2)16-24(14-22)34-3/h4-5,12-19H,6-11H2,1-3H3. The maximum atomic E-state index is 5.55. The lowest BCUT2D eigenvalue weighted by atomic mass is 10.1. The summed E-state index contributed by atoms with van der Waals surface area (Å²) in [5, 5.41) is 0. The van der Waals surface area contributed by atoms with Crippen LogP contribution in [-0.2, 0) is 4.74 Å². The van der Waals surface area contributed by atoms with E-state index in [1.807, 2.05) is 36.7 Å². The number of rotatable bonds is 8. The molecule has 0 aliphatic carbocycles. The first-order valence-corrected chi connectivity index (χ1v) is 12.0. The van der Waals surface area contributed by atoms with Crippen LogP contribution in [-0.4, -0.2) is 80.7 Å². The van der Waals surface area contributed by atoms with Crippen molar-refractivity contribution in [3.05, 3.63) is 54.4 Å². The van der Waals surface area contributed by atoms with Crippen LogP contribution in [0.1, 0.15) is 12.6 Å². The minimum atomic E-state index is 0.174. The van der Waals surface area contributed by atoms with Crippen molar-refractivity contribution in [2.75, 3.05) is 58.5 Å². The van der Waals surface area contributed by atoms with E-state index in [4.69, 9.17) is 19.2 Å². The number of anilines is 2. The normalized spacial score (nSPS) is 18.0. The van der Waals surface area contributed by atoms with Crippen molar-refractivity contribution in [1.29, 1.82) is 0 Å². The Kier molecular flexibility index (Phi) is 6.92. The molecule has 1 fully saturated rings. The molecule has 0 saturated carbocycles. The van der Waals surface area contributed by atoms with E-state index in [2.05, 4.69) is 44.9 Å². The van der Waals surface area contributed by atoms with Gasteiger partial charge in [-0.05, 0) is 31.2 Å². The van der Waals surface area contributed by atoms with E-state index in [-0.39, 0.29) is 6.04 Å². The molecule has 8 heteroatoms. The Morgan fingerprint density at radius 1 is 1.00 bits per heavy atom. The molecule has 0 bridgehead atoms. The van der Waals surface area contributed by atoms with Gasteiger partial charge < -0.3 is 19.1 Å². The van der Waals surface area contributed by atoms with Crippen LogP contribution in [0.3, 0.4) is 0 Å². The van der Waals surface area contributed by atoms with Crippen molar-refractivity contribution in [2.45, 2.75) is 13.0 Å². The Bertz CT molecular complexity index is 1230. The molecule has 0 radical (unpaired) electrons. The molecular formula is C27H31N5O3. The summed E-state index contributed by atoms with van der Waals surface area (Å²) in [6.07, 6.45) is 5.80. The van der Waals surface area contributed by atoms with E-state index in [0.717, 1.165) is 84.6 Å². The zero-order valence-corrected chi connectivity index (χ0v) is 20.5. The number of ether oxygens (including phenoxy) is 3. The van der Waals surface area contributed by atoms with Crippen LogP contribution in [0.4, 0.5) is 11.4 Å². The number of aromatic nitrogens is 2. The number of fused-ring (bicyclic) bond motifs is 1. The third kappa shape index (κ3) is 5.28. The molecule has 2 aliphatic rings. The highest BCUT2D eigenvalue weighted by molar-refractivity contribution is 6.11. The highest BCUT2D eigenvalue weighted by atomic mass is 16.5. The molecule has 0 amide bonds. The molecular weight excluding hydrogens is 442 g/mol. The summed E-state index contributed by atoms with van der Waals surface area (Å²) in [5.74, 6) is 1.50. The maximum Gasteiger partial charge on any atom is 0.124 e. The van der Waals surface area contributed by atoms with Gasteiger partial charge in [-0.1, -0.05) is 0 Å². The van der Waals surface area contributed by atoms with Gasteiger partial charge in [0.05, 0.1) is 56.4 Å².